The molecule has 24 heavy (non-hydrogen) atoms. The summed E-state index contributed by atoms with van der Waals surface area (Å²) < 4.78 is 5.39. The van der Waals surface area contributed by atoms with E-state index in [9.17, 15) is 4.79 Å². The molecule has 0 spiro atoms. The summed E-state index contributed by atoms with van der Waals surface area (Å²) in [4.78, 5) is 13.4. The molecule has 1 saturated heterocycles. The Bertz CT molecular complexity index is 528. The van der Waals surface area contributed by atoms with Gasteiger partial charge in [0.25, 0.3) is 0 Å². The number of amides is 1. The summed E-state index contributed by atoms with van der Waals surface area (Å²) >= 11 is 1.61. The third kappa shape index (κ3) is 6.28. The van der Waals surface area contributed by atoms with Crippen molar-refractivity contribution in [2.45, 2.75) is 31.6 Å². The van der Waals surface area contributed by atoms with Crippen LogP contribution in [0.1, 0.15) is 24.0 Å². The minimum Gasteiger partial charge on any atom is -0.384 e. The van der Waals surface area contributed by atoms with Gasteiger partial charge in [0.1, 0.15) is 0 Å². The van der Waals surface area contributed by atoms with Crippen LogP contribution < -0.4 is 10.6 Å². The Kier molecular flexibility index (Phi) is 9.13. The van der Waals surface area contributed by atoms with Crippen molar-refractivity contribution in [1.29, 1.82) is 0 Å². The van der Waals surface area contributed by atoms with Crippen molar-refractivity contribution in [2.24, 2.45) is 5.41 Å². The number of thioether (sulfide) groups is 1. The number of piperidine rings is 1. The van der Waals surface area contributed by atoms with Gasteiger partial charge in [0.15, 0.2) is 0 Å². The van der Waals surface area contributed by atoms with Gasteiger partial charge in [0.2, 0.25) is 5.91 Å². The van der Waals surface area contributed by atoms with Gasteiger partial charge in [-0.1, -0.05) is 17.7 Å². The van der Waals surface area contributed by atoms with E-state index >= 15 is 0 Å². The van der Waals surface area contributed by atoms with Crippen LogP contribution in [0.25, 0.3) is 0 Å². The fourth-order valence-corrected chi connectivity index (χ4v) is 3.92. The molecule has 0 radical (unpaired) electrons. The van der Waals surface area contributed by atoms with Gasteiger partial charge in [0, 0.05) is 24.0 Å². The first-order valence-electron chi connectivity index (χ1n) is 8.21. The van der Waals surface area contributed by atoms with Gasteiger partial charge in [-0.05, 0) is 51.4 Å². The highest BCUT2D eigenvalue weighted by Gasteiger charge is 2.32. The molecule has 1 aliphatic rings. The van der Waals surface area contributed by atoms with Gasteiger partial charge >= 0.3 is 0 Å². The van der Waals surface area contributed by atoms with E-state index in [1.54, 1.807) is 18.9 Å². The Morgan fingerprint density at radius 1 is 1.33 bits per heavy atom. The molecule has 2 N–H and O–H groups in total. The maximum atomic E-state index is 12.2. The fraction of sp³-hybridized carbons (Fsp3) is 0.611. The number of rotatable bonds is 7. The molecular formula is C18H29ClN2O2S. The summed E-state index contributed by atoms with van der Waals surface area (Å²) in [5.74, 6) is 0.564. The second kappa shape index (κ2) is 10.3. The Morgan fingerprint density at radius 3 is 2.67 bits per heavy atom. The number of aryl methyl sites for hydroxylation is 2. The minimum atomic E-state index is 0. The maximum Gasteiger partial charge on any atom is 0.230 e. The van der Waals surface area contributed by atoms with E-state index in [0.717, 1.165) is 25.9 Å². The third-order valence-electron chi connectivity index (χ3n) is 4.46. The van der Waals surface area contributed by atoms with Crippen LogP contribution >= 0.6 is 24.2 Å². The second-order valence-electron chi connectivity index (χ2n) is 6.52. The first-order chi connectivity index (χ1) is 11.0. The summed E-state index contributed by atoms with van der Waals surface area (Å²) in [5, 5.41) is 6.48. The molecule has 1 aliphatic heterocycles. The third-order valence-corrected chi connectivity index (χ3v) is 5.64. The number of benzene rings is 1. The molecule has 0 aromatic heterocycles. The normalized spacial score (nSPS) is 16.3. The van der Waals surface area contributed by atoms with Crippen molar-refractivity contribution in [3.63, 3.8) is 0 Å². The standard InChI is InChI=1S/C18H28N2O2S.ClH/c1-14-4-5-16(15(2)10-14)23-11-17(21)20-12-18(13-22-3)6-8-19-9-7-18;/h4-5,10,19H,6-9,11-13H2,1-3H3,(H,20,21);1H. The predicted octanol–water partition coefficient (Wildman–Crippen LogP) is 2.95. The van der Waals surface area contributed by atoms with Crippen LogP contribution in [0.4, 0.5) is 0 Å². The molecule has 4 nitrogen and oxygen atoms in total. The topological polar surface area (TPSA) is 50.4 Å². The summed E-state index contributed by atoms with van der Waals surface area (Å²) in [6.45, 7) is 7.58. The average molecular weight is 373 g/mol. The fourth-order valence-electron chi connectivity index (χ4n) is 3.08. The lowest BCUT2D eigenvalue weighted by molar-refractivity contribution is -0.119. The van der Waals surface area contributed by atoms with E-state index in [1.807, 2.05) is 0 Å². The number of nitrogens with one attached hydrogen (secondary N) is 2. The Labute approximate surface area is 155 Å². The molecule has 0 atom stereocenters. The summed E-state index contributed by atoms with van der Waals surface area (Å²) in [6, 6.07) is 6.35. The molecule has 6 heteroatoms. The SMILES string of the molecule is COCC1(CNC(=O)CSc2ccc(C)cc2C)CCNCC1.Cl. The molecule has 1 fully saturated rings. The molecule has 136 valence electrons. The molecule has 1 heterocycles. The van der Waals surface area contributed by atoms with Crippen molar-refractivity contribution < 1.29 is 9.53 Å². The minimum absolute atomic E-state index is 0. The smallest absolute Gasteiger partial charge is 0.230 e. The van der Waals surface area contributed by atoms with E-state index in [0.29, 0.717) is 18.9 Å². The van der Waals surface area contributed by atoms with E-state index < -0.39 is 0 Å². The van der Waals surface area contributed by atoms with Gasteiger partial charge in [-0.15, -0.1) is 24.2 Å². The molecule has 0 saturated carbocycles. The van der Waals surface area contributed by atoms with Gasteiger partial charge in [-0.3, -0.25) is 4.79 Å². The average Bonchev–Trinajstić information content (AvgIpc) is 2.53. The lowest BCUT2D eigenvalue weighted by atomic mass is 9.79. The van der Waals surface area contributed by atoms with Crippen LogP contribution in [0, 0.1) is 19.3 Å². The van der Waals surface area contributed by atoms with Crippen LogP contribution in [0.3, 0.4) is 0 Å². The van der Waals surface area contributed by atoms with Crippen LogP contribution in [0.15, 0.2) is 23.1 Å². The first-order valence-corrected chi connectivity index (χ1v) is 9.20. The predicted molar refractivity (Wildman–Crippen MR) is 103 cm³/mol. The maximum absolute atomic E-state index is 12.2. The molecule has 2 rings (SSSR count). The number of carbonyl (C=O) groups is 1. The monoisotopic (exact) mass is 372 g/mol. The zero-order chi connectivity index (χ0) is 16.7. The molecule has 0 bridgehead atoms. The van der Waals surface area contributed by atoms with Gasteiger partial charge in [0.05, 0.1) is 12.4 Å². The zero-order valence-corrected chi connectivity index (χ0v) is 16.4. The van der Waals surface area contributed by atoms with Gasteiger partial charge < -0.3 is 15.4 Å². The van der Waals surface area contributed by atoms with Gasteiger partial charge in [-0.25, -0.2) is 0 Å². The lowest BCUT2D eigenvalue weighted by Gasteiger charge is -2.37. The molecule has 1 aromatic rings. The largest absolute Gasteiger partial charge is 0.384 e. The van der Waals surface area contributed by atoms with Gasteiger partial charge in [-0.2, -0.15) is 0 Å². The molecule has 1 amide bonds. The quantitative estimate of drug-likeness (QED) is 0.722. The second-order valence-corrected chi connectivity index (χ2v) is 7.53. The van der Waals surface area contributed by atoms with Crippen molar-refractivity contribution in [1.82, 2.24) is 10.6 Å². The number of methoxy groups -OCH3 is 1. The van der Waals surface area contributed by atoms with E-state index in [2.05, 4.69) is 42.7 Å². The molecule has 1 aromatic carbocycles. The molecule has 0 aliphatic carbocycles. The highest BCUT2D eigenvalue weighted by molar-refractivity contribution is 8.00. The highest BCUT2D eigenvalue weighted by atomic mass is 35.5. The van der Waals surface area contributed by atoms with E-state index in [-0.39, 0.29) is 23.7 Å². The van der Waals surface area contributed by atoms with Crippen molar-refractivity contribution in [3.05, 3.63) is 29.3 Å². The van der Waals surface area contributed by atoms with Crippen LogP contribution in [-0.2, 0) is 9.53 Å². The van der Waals surface area contributed by atoms with Crippen LogP contribution in [0.5, 0.6) is 0 Å². The highest BCUT2D eigenvalue weighted by Crippen LogP contribution is 2.28. The summed E-state index contributed by atoms with van der Waals surface area (Å²) in [7, 11) is 1.74. The van der Waals surface area contributed by atoms with Crippen LogP contribution in [-0.4, -0.2) is 45.0 Å². The number of halogens is 1. The molecule has 0 unspecified atom stereocenters. The Morgan fingerprint density at radius 2 is 2.04 bits per heavy atom. The van der Waals surface area contributed by atoms with E-state index in [1.165, 1.54) is 16.0 Å². The summed E-state index contributed by atoms with van der Waals surface area (Å²) in [5.41, 5.74) is 2.57. The van der Waals surface area contributed by atoms with Crippen molar-refractivity contribution in [2.75, 3.05) is 39.1 Å². The van der Waals surface area contributed by atoms with Crippen molar-refractivity contribution in [3.8, 4) is 0 Å². The number of ether oxygens (including phenoxy) is 1. The molecular weight excluding hydrogens is 344 g/mol. The Balaban J connectivity index is 0.00000288. The van der Waals surface area contributed by atoms with Crippen molar-refractivity contribution >= 4 is 30.1 Å². The van der Waals surface area contributed by atoms with Crippen LogP contribution in [0.2, 0.25) is 0 Å². The zero-order valence-electron chi connectivity index (χ0n) is 14.8. The number of hydrogen-bond acceptors (Lipinski definition) is 4. The Hall–Kier alpha value is -0.750. The number of carbonyl (C=O) groups excluding carboxylic acids is 1. The first kappa shape index (κ1) is 21.3. The summed E-state index contributed by atoms with van der Waals surface area (Å²) in [6.07, 6.45) is 2.09. The van der Waals surface area contributed by atoms with E-state index in [4.69, 9.17) is 4.74 Å². The number of hydrogen-bond donors (Lipinski definition) is 2. The lowest BCUT2D eigenvalue weighted by Crippen LogP contribution is -2.47.